The second kappa shape index (κ2) is 13.5. The second-order valence-electron chi connectivity index (χ2n) is 16.1. The molecular weight excluding hydrogens is 512 g/mol. The van der Waals surface area contributed by atoms with Crippen LogP contribution < -0.4 is 0 Å². The molecule has 0 spiro atoms. The number of hydrogen-bond donors (Lipinski definition) is 0. The van der Waals surface area contributed by atoms with Crippen molar-refractivity contribution in [2.45, 2.75) is 183 Å². The molecule has 0 aromatic carbocycles. The van der Waals surface area contributed by atoms with Gasteiger partial charge < -0.3 is 0 Å². The highest BCUT2D eigenvalue weighted by atomic mass is 17.2. The van der Waals surface area contributed by atoms with E-state index in [1.54, 1.807) is 0 Å². The second-order valence-corrected chi connectivity index (χ2v) is 16.1. The van der Waals surface area contributed by atoms with Crippen molar-refractivity contribution in [2.75, 3.05) is 0 Å². The Hall–Kier alpha value is -1.02. The minimum atomic E-state index is -1.12. The predicted molar refractivity (Wildman–Crippen MR) is 159 cm³/mol. The van der Waals surface area contributed by atoms with Gasteiger partial charge in [-0.05, 0) is 143 Å². The van der Waals surface area contributed by atoms with Crippen molar-refractivity contribution in [3.05, 3.63) is 11.6 Å². The Bertz CT molecular complexity index is 878. The van der Waals surface area contributed by atoms with E-state index in [2.05, 4.69) is 11.8 Å². The van der Waals surface area contributed by atoms with Gasteiger partial charge in [-0.15, -0.1) is 0 Å². The minimum absolute atomic E-state index is 0.287. The van der Waals surface area contributed by atoms with Gasteiger partial charge in [0.05, 0.1) is 22.4 Å². The summed E-state index contributed by atoms with van der Waals surface area (Å²) in [6, 6.07) is 0. The lowest BCUT2D eigenvalue weighted by Crippen LogP contribution is -2.40. The summed E-state index contributed by atoms with van der Waals surface area (Å²) in [5.41, 5.74) is -5.03. The first-order chi connectivity index (χ1) is 17.3. The van der Waals surface area contributed by atoms with Crippen LogP contribution in [0.25, 0.3) is 0 Å². The summed E-state index contributed by atoms with van der Waals surface area (Å²) in [6.07, 6.45) is 2.24. The van der Waals surface area contributed by atoms with E-state index in [1.165, 1.54) is 0 Å². The Morgan fingerprint density at radius 2 is 0.825 bits per heavy atom. The Kier molecular flexibility index (Phi) is 13.2. The van der Waals surface area contributed by atoms with E-state index in [4.69, 9.17) is 39.1 Å². The van der Waals surface area contributed by atoms with Gasteiger partial charge in [0.25, 0.3) is 0 Å². The molecule has 0 radical (unpaired) electrons. The van der Waals surface area contributed by atoms with E-state index < -0.39 is 44.8 Å². The molecule has 0 aliphatic heterocycles. The molecule has 1 atom stereocenters. The third-order valence-electron chi connectivity index (χ3n) is 4.43. The molecule has 0 amide bonds. The standard InChI is InChI=1S/C32H60O8/c1-25(2,3)33-37-29(13,14)20-21-32(19,40-36-28(10,11)12)23-24(31(17,18)39-35-27(7,8)9)22-30(15,16)38-34-26(4,5)6/h22H,23H2,1-19H3. The highest BCUT2D eigenvalue weighted by Crippen LogP contribution is 2.35. The smallest absolute Gasteiger partial charge is 0.164 e. The van der Waals surface area contributed by atoms with E-state index in [-0.39, 0.29) is 6.42 Å². The highest BCUT2D eigenvalue weighted by molar-refractivity contribution is 5.27. The van der Waals surface area contributed by atoms with Crippen LogP contribution in [0.2, 0.25) is 0 Å². The third-order valence-corrected chi connectivity index (χ3v) is 4.43. The largest absolute Gasteiger partial charge is 0.230 e. The molecule has 0 bridgehead atoms. The van der Waals surface area contributed by atoms with Crippen LogP contribution in [0.4, 0.5) is 0 Å². The zero-order valence-corrected chi connectivity index (χ0v) is 29.1. The van der Waals surface area contributed by atoms with Crippen LogP contribution >= 0.6 is 0 Å². The van der Waals surface area contributed by atoms with E-state index in [0.29, 0.717) is 0 Å². The molecule has 40 heavy (non-hydrogen) atoms. The van der Waals surface area contributed by atoms with Gasteiger partial charge in [0, 0.05) is 6.42 Å². The maximum Gasteiger partial charge on any atom is 0.164 e. The zero-order chi connectivity index (χ0) is 32.1. The van der Waals surface area contributed by atoms with Crippen molar-refractivity contribution in [3.63, 3.8) is 0 Å². The minimum Gasteiger partial charge on any atom is -0.230 e. The van der Waals surface area contributed by atoms with Crippen LogP contribution in [0.1, 0.15) is 138 Å². The molecule has 8 nitrogen and oxygen atoms in total. The lowest BCUT2D eigenvalue weighted by molar-refractivity contribution is -0.398. The summed E-state index contributed by atoms with van der Waals surface area (Å²) in [6.45, 7) is 36.2. The molecule has 0 N–H and O–H groups in total. The SMILES string of the molecule is CC(C)(C)OOC(C)(C)C#CC(C)(CC(=CC(C)(C)OOC(C)(C)C)C(C)(C)OOC(C)(C)C)OOC(C)(C)C. The molecule has 236 valence electrons. The summed E-state index contributed by atoms with van der Waals surface area (Å²) in [5.74, 6) is 6.42. The molecule has 0 saturated carbocycles. The van der Waals surface area contributed by atoms with Gasteiger partial charge in [-0.1, -0.05) is 11.8 Å². The Morgan fingerprint density at radius 3 is 1.25 bits per heavy atom. The molecule has 0 saturated heterocycles. The molecule has 0 fully saturated rings. The average molecular weight is 573 g/mol. The van der Waals surface area contributed by atoms with E-state index in [0.717, 1.165) is 5.57 Å². The van der Waals surface area contributed by atoms with E-state index in [9.17, 15) is 0 Å². The van der Waals surface area contributed by atoms with Crippen molar-refractivity contribution in [1.82, 2.24) is 0 Å². The molecule has 0 aromatic heterocycles. The van der Waals surface area contributed by atoms with E-state index >= 15 is 0 Å². The van der Waals surface area contributed by atoms with Gasteiger partial charge in [0.1, 0.15) is 11.2 Å². The van der Waals surface area contributed by atoms with Crippen molar-refractivity contribution >= 4 is 0 Å². The molecule has 0 aliphatic carbocycles. The first-order valence-electron chi connectivity index (χ1n) is 14.1. The Balaban J connectivity index is 6.66. The highest BCUT2D eigenvalue weighted by Gasteiger charge is 2.38. The zero-order valence-electron chi connectivity index (χ0n) is 29.1. The summed E-state index contributed by atoms with van der Waals surface area (Å²) >= 11 is 0. The van der Waals surface area contributed by atoms with Crippen LogP contribution in [0, 0.1) is 11.8 Å². The maximum absolute atomic E-state index is 6.06. The van der Waals surface area contributed by atoms with Crippen LogP contribution in [-0.4, -0.2) is 44.8 Å². The molecular formula is C32H60O8. The van der Waals surface area contributed by atoms with Crippen molar-refractivity contribution in [3.8, 4) is 11.8 Å². The van der Waals surface area contributed by atoms with Crippen LogP contribution in [0.15, 0.2) is 11.6 Å². The third kappa shape index (κ3) is 19.2. The fraction of sp³-hybridized carbons (Fsp3) is 0.875. The first kappa shape index (κ1) is 39.0. The summed E-state index contributed by atoms with van der Waals surface area (Å²) < 4.78 is 0. The molecule has 8 heteroatoms. The quantitative estimate of drug-likeness (QED) is 0.0999. The van der Waals surface area contributed by atoms with Gasteiger partial charge in [-0.3, -0.25) is 0 Å². The number of rotatable bonds is 12. The van der Waals surface area contributed by atoms with Gasteiger partial charge in [-0.2, -0.15) is 0 Å². The van der Waals surface area contributed by atoms with Crippen LogP contribution in [0.3, 0.4) is 0 Å². The Morgan fingerprint density at radius 1 is 0.450 bits per heavy atom. The maximum atomic E-state index is 6.06. The normalized spacial score (nSPS) is 16.4. The predicted octanol–water partition coefficient (Wildman–Crippen LogP) is 8.39. The van der Waals surface area contributed by atoms with E-state index in [1.807, 2.05) is 138 Å². The fourth-order valence-electron chi connectivity index (χ4n) is 2.60. The summed E-state index contributed by atoms with van der Waals surface area (Å²) in [4.78, 5) is 46.3. The fourth-order valence-corrected chi connectivity index (χ4v) is 2.60. The first-order valence-corrected chi connectivity index (χ1v) is 14.1. The summed E-state index contributed by atoms with van der Waals surface area (Å²) in [7, 11) is 0. The molecule has 0 aromatic rings. The monoisotopic (exact) mass is 572 g/mol. The number of hydrogen-bond acceptors (Lipinski definition) is 8. The lowest BCUT2D eigenvalue weighted by Gasteiger charge is -2.36. The van der Waals surface area contributed by atoms with Crippen molar-refractivity contribution < 1.29 is 39.1 Å². The molecule has 0 heterocycles. The molecule has 1 unspecified atom stereocenters. The summed E-state index contributed by atoms with van der Waals surface area (Å²) in [5, 5.41) is 0. The van der Waals surface area contributed by atoms with Gasteiger partial charge >= 0.3 is 0 Å². The topological polar surface area (TPSA) is 73.8 Å². The van der Waals surface area contributed by atoms with Crippen LogP contribution in [0.5, 0.6) is 0 Å². The van der Waals surface area contributed by atoms with Gasteiger partial charge in [-0.25, -0.2) is 39.1 Å². The van der Waals surface area contributed by atoms with Crippen molar-refractivity contribution in [2.24, 2.45) is 0 Å². The van der Waals surface area contributed by atoms with Crippen molar-refractivity contribution in [1.29, 1.82) is 0 Å². The van der Waals surface area contributed by atoms with Crippen LogP contribution in [-0.2, 0) is 39.1 Å². The van der Waals surface area contributed by atoms with Gasteiger partial charge in [0.15, 0.2) is 11.2 Å². The molecule has 0 aliphatic rings. The molecule has 0 rings (SSSR count). The van der Waals surface area contributed by atoms with Gasteiger partial charge in [0.2, 0.25) is 0 Å². The Labute approximate surface area is 245 Å². The average Bonchev–Trinajstić information content (AvgIpc) is 2.70. The lowest BCUT2D eigenvalue weighted by atomic mass is 9.84.